The molecule has 0 aromatic rings. The van der Waals surface area contributed by atoms with Gasteiger partial charge >= 0.3 is 6.09 Å². The molecule has 4 heteroatoms. The molecule has 1 aliphatic rings. The summed E-state index contributed by atoms with van der Waals surface area (Å²) < 4.78 is 0. The van der Waals surface area contributed by atoms with E-state index < -0.39 is 12.3 Å². The third-order valence-electron chi connectivity index (χ3n) is 1.41. The van der Waals surface area contributed by atoms with Crippen molar-refractivity contribution in [2.75, 3.05) is 6.54 Å². The van der Waals surface area contributed by atoms with Gasteiger partial charge in [0.1, 0.15) is 0 Å². The van der Waals surface area contributed by atoms with E-state index >= 15 is 0 Å². The SMILES string of the molecule is O=C(O)N1CCC=CC1O. The summed E-state index contributed by atoms with van der Waals surface area (Å²) in [6.07, 6.45) is 1.90. The summed E-state index contributed by atoms with van der Waals surface area (Å²) in [5.41, 5.74) is 0. The molecule has 10 heavy (non-hydrogen) atoms. The Morgan fingerprint density at radius 1 is 1.70 bits per heavy atom. The Hall–Kier alpha value is -1.03. The van der Waals surface area contributed by atoms with Crippen LogP contribution in [0.4, 0.5) is 4.79 Å². The van der Waals surface area contributed by atoms with Crippen LogP contribution in [0.25, 0.3) is 0 Å². The first kappa shape index (κ1) is 7.08. The zero-order chi connectivity index (χ0) is 7.56. The lowest BCUT2D eigenvalue weighted by Gasteiger charge is -2.25. The van der Waals surface area contributed by atoms with Crippen molar-refractivity contribution >= 4 is 6.09 Å². The molecule has 0 radical (unpaired) electrons. The number of carboxylic acid groups (broad SMARTS) is 1. The van der Waals surface area contributed by atoms with Crippen LogP contribution in [0.5, 0.6) is 0 Å². The average Bonchev–Trinajstić information content (AvgIpc) is 1.88. The van der Waals surface area contributed by atoms with Crippen LogP contribution >= 0.6 is 0 Å². The first-order valence-electron chi connectivity index (χ1n) is 3.06. The standard InChI is InChI=1S/C6H9NO3/c8-5-3-1-2-4-7(5)6(9)10/h1,3,5,8H,2,4H2,(H,9,10). The third kappa shape index (κ3) is 1.27. The Labute approximate surface area is 58.4 Å². The van der Waals surface area contributed by atoms with Gasteiger partial charge in [0.2, 0.25) is 0 Å². The van der Waals surface area contributed by atoms with E-state index in [1.165, 1.54) is 6.08 Å². The highest BCUT2D eigenvalue weighted by molar-refractivity contribution is 5.65. The zero-order valence-corrected chi connectivity index (χ0v) is 5.40. The number of aliphatic hydroxyl groups excluding tert-OH is 1. The van der Waals surface area contributed by atoms with Gasteiger partial charge < -0.3 is 10.2 Å². The van der Waals surface area contributed by atoms with Crippen LogP contribution in [0.1, 0.15) is 6.42 Å². The highest BCUT2D eigenvalue weighted by Gasteiger charge is 2.19. The molecule has 4 nitrogen and oxygen atoms in total. The summed E-state index contributed by atoms with van der Waals surface area (Å²) in [4.78, 5) is 11.3. The number of amides is 1. The van der Waals surface area contributed by atoms with E-state index in [1.54, 1.807) is 6.08 Å². The van der Waals surface area contributed by atoms with Gasteiger partial charge in [-0.2, -0.15) is 0 Å². The second kappa shape index (κ2) is 2.70. The average molecular weight is 143 g/mol. The second-order valence-electron chi connectivity index (χ2n) is 2.11. The van der Waals surface area contributed by atoms with Gasteiger partial charge in [-0.3, -0.25) is 4.90 Å². The predicted molar refractivity (Wildman–Crippen MR) is 34.5 cm³/mol. The Kier molecular flexibility index (Phi) is 1.91. The fourth-order valence-electron chi connectivity index (χ4n) is 0.877. The van der Waals surface area contributed by atoms with E-state index in [0.29, 0.717) is 13.0 Å². The molecule has 0 fully saturated rings. The molecule has 1 atom stereocenters. The number of rotatable bonds is 0. The molecule has 0 saturated heterocycles. The van der Waals surface area contributed by atoms with Gasteiger partial charge in [-0.05, 0) is 12.5 Å². The largest absolute Gasteiger partial charge is 0.465 e. The van der Waals surface area contributed by atoms with Gasteiger partial charge in [0.15, 0.2) is 6.23 Å². The molecule has 1 unspecified atom stereocenters. The maximum Gasteiger partial charge on any atom is 0.409 e. The molecule has 0 aliphatic carbocycles. The molecule has 0 spiro atoms. The van der Waals surface area contributed by atoms with E-state index in [-0.39, 0.29) is 0 Å². The van der Waals surface area contributed by atoms with Gasteiger partial charge in [-0.15, -0.1) is 0 Å². The van der Waals surface area contributed by atoms with Crippen molar-refractivity contribution in [1.82, 2.24) is 4.90 Å². The highest BCUT2D eigenvalue weighted by Crippen LogP contribution is 2.06. The minimum atomic E-state index is -1.07. The third-order valence-corrected chi connectivity index (χ3v) is 1.41. The van der Waals surface area contributed by atoms with Crippen LogP contribution in [0.2, 0.25) is 0 Å². The van der Waals surface area contributed by atoms with Crippen molar-refractivity contribution in [1.29, 1.82) is 0 Å². The van der Waals surface area contributed by atoms with Crippen molar-refractivity contribution in [2.45, 2.75) is 12.6 Å². The minimum Gasteiger partial charge on any atom is -0.465 e. The van der Waals surface area contributed by atoms with Crippen molar-refractivity contribution in [3.63, 3.8) is 0 Å². The maximum absolute atomic E-state index is 10.3. The summed E-state index contributed by atoms with van der Waals surface area (Å²) in [5.74, 6) is 0. The molecule has 1 amide bonds. The van der Waals surface area contributed by atoms with Crippen LogP contribution in [-0.4, -0.2) is 34.0 Å². The van der Waals surface area contributed by atoms with Crippen molar-refractivity contribution in [2.24, 2.45) is 0 Å². The molecule has 0 aromatic heterocycles. The summed E-state index contributed by atoms with van der Waals surface area (Å²) >= 11 is 0. The van der Waals surface area contributed by atoms with E-state index in [4.69, 9.17) is 10.2 Å². The number of hydrogen-bond donors (Lipinski definition) is 2. The van der Waals surface area contributed by atoms with Gasteiger partial charge in [-0.1, -0.05) is 6.08 Å². The first-order valence-corrected chi connectivity index (χ1v) is 3.06. The summed E-state index contributed by atoms with van der Waals surface area (Å²) in [6, 6.07) is 0. The fraction of sp³-hybridized carbons (Fsp3) is 0.500. The van der Waals surface area contributed by atoms with Crippen molar-refractivity contribution < 1.29 is 15.0 Å². The second-order valence-corrected chi connectivity index (χ2v) is 2.11. The van der Waals surface area contributed by atoms with Crippen LogP contribution in [0.15, 0.2) is 12.2 Å². The molecule has 1 aliphatic heterocycles. The number of hydrogen-bond acceptors (Lipinski definition) is 2. The molecule has 0 bridgehead atoms. The smallest absolute Gasteiger partial charge is 0.409 e. The van der Waals surface area contributed by atoms with Gasteiger partial charge in [0.25, 0.3) is 0 Å². The van der Waals surface area contributed by atoms with Gasteiger partial charge in [0, 0.05) is 6.54 Å². The molecule has 1 heterocycles. The van der Waals surface area contributed by atoms with E-state index in [0.717, 1.165) is 4.90 Å². The van der Waals surface area contributed by atoms with E-state index in [1.807, 2.05) is 0 Å². The predicted octanol–water partition coefficient (Wildman–Crippen LogP) is 0.245. The molecule has 0 saturated carbocycles. The quantitative estimate of drug-likeness (QED) is 0.477. The topological polar surface area (TPSA) is 60.8 Å². The lowest BCUT2D eigenvalue weighted by Crippen LogP contribution is -2.40. The lowest BCUT2D eigenvalue weighted by atomic mass is 10.2. The van der Waals surface area contributed by atoms with Crippen LogP contribution < -0.4 is 0 Å². The fourth-order valence-corrected chi connectivity index (χ4v) is 0.877. The maximum atomic E-state index is 10.3. The lowest BCUT2D eigenvalue weighted by molar-refractivity contribution is 0.0397. The molecular weight excluding hydrogens is 134 g/mol. The van der Waals surface area contributed by atoms with Crippen LogP contribution in [0.3, 0.4) is 0 Å². The molecule has 1 rings (SSSR count). The molecular formula is C6H9NO3. The minimum absolute atomic E-state index is 0.382. The normalized spacial score (nSPS) is 24.9. The summed E-state index contributed by atoms with van der Waals surface area (Å²) in [6.45, 7) is 0.382. The van der Waals surface area contributed by atoms with Crippen LogP contribution in [0, 0.1) is 0 Å². The zero-order valence-electron chi connectivity index (χ0n) is 5.40. The monoisotopic (exact) mass is 143 g/mol. The van der Waals surface area contributed by atoms with Gasteiger partial charge in [-0.25, -0.2) is 4.79 Å². The molecule has 0 aromatic carbocycles. The highest BCUT2D eigenvalue weighted by atomic mass is 16.4. The van der Waals surface area contributed by atoms with Crippen molar-refractivity contribution in [3.05, 3.63) is 12.2 Å². The van der Waals surface area contributed by atoms with Crippen molar-refractivity contribution in [3.8, 4) is 0 Å². The Balaban J connectivity index is 2.60. The number of carbonyl (C=O) groups is 1. The summed E-state index contributed by atoms with van der Waals surface area (Å²) in [7, 11) is 0. The molecule has 56 valence electrons. The Morgan fingerprint density at radius 3 is 2.80 bits per heavy atom. The Morgan fingerprint density at radius 2 is 2.40 bits per heavy atom. The Bertz CT molecular complexity index is 166. The van der Waals surface area contributed by atoms with Gasteiger partial charge in [0.05, 0.1) is 0 Å². The van der Waals surface area contributed by atoms with Crippen LogP contribution in [-0.2, 0) is 0 Å². The summed E-state index contributed by atoms with van der Waals surface area (Å²) in [5, 5.41) is 17.4. The number of nitrogens with zero attached hydrogens (tertiary/aromatic N) is 1. The van der Waals surface area contributed by atoms with E-state index in [9.17, 15) is 4.79 Å². The van der Waals surface area contributed by atoms with E-state index in [2.05, 4.69) is 0 Å². The number of aliphatic hydroxyl groups is 1. The molecule has 2 N–H and O–H groups in total. The first-order chi connectivity index (χ1) is 4.72.